The first-order valence-corrected chi connectivity index (χ1v) is 5.89. The van der Waals surface area contributed by atoms with Crippen LogP contribution in [0.2, 0.25) is 0 Å². The van der Waals surface area contributed by atoms with E-state index in [-0.39, 0.29) is 12.2 Å². The van der Waals surface area contributed by atoms with Crippen LogP contribution in [0.3, 0.4) is 0 Å². The van der Waals surface area contributed by atoms with Gasteiger partial charge in [-0.3, -0.25) is 4.79 Å². The van der Waals surface area contributed by atoms with Gasteiger partial charge in [-0.2, -0.15) is 8.78 Å². The van der Waals surface area contributed by atoms with E-state index in [0.717, 1.165) is 0 Å². The van der Waals surface area contributed by atoms with E-state index in [2.05, 4.69) is 10.1 Å². The number of hydrogen-bond acceptors (Lipinski definition) is 3. The van der Waals surface area contributed by atoms with Crippen LogP contribution in [0.4, 0.5) is 8.78 Å². The number of alkyl halides is 2. The molecule has 0 amide bonds. The number of nitrogens with one attached hydrogen (secondary N) is 1. The van der Waals surface area contributed by atoms with Crippen LogP contribution in [0.5, 0.6) is 5.75 Å². The summed E-state index contributed by atoms with van der Waals surface area (Å²) >= 11 is 0. The number of rotatable bonds is 7. The molecular formula is C13H17F2NO3. The molecule has 1 aromatic rings. The van der Waals surface area contributed by atoms with E-state index >= 15 is 0 Å². The Labute approximate surface area is 110 Å². The van der Waals surface area contributed by atoms with Gasteiger partial charge in [0.25, 0.3) is 0 Å². The Morgan fingerprint density at radius 1 is 1.42 bits per heavy atom. The molecule has 6 heteroatoms. The van der Waals surface area contributed by atoms with Crippen molar-refractivity contribution < 1.29 is 23.4 Å². The summed E-state index contributed by atoms with van der Waals surface area (Å²) in [6.45, 7) is 1.35. The second-order valence-corrected chi connectivity index (χ2v) is 4.34. The van der Waals surface area contributed by atoms with Crippen molar-refractivity contribution in [2.75, 3.05) is 6.54 Å². The van der Waals surface area contributed by atoms with Gasteiger partial charge >= 0.3 is 12.6 Å². The fourth-order valence-electron chi connectivity index (χ4n) is 1.96. The summed E-state index contributed by atoms with van der Waals surface area (Å²) in [7, 11) is 0. The normalized spacial score (nSPS) is 14.2. The summed E-state index contributed by atoms with van der Waals surface area (Å²) in [5.41, 5.74) is -0.0393. The molecule has 0 aliphatic rings. The maximum absolute atomic E-state index is 12.0. The van der Waals surface area contributed by atoms with Crippen molar-refractivity contribution in [2.45, 2.75) is 32.4 Å². The van der Waals surface area contributed by atoms with Crippen LogP contribution in [0.15, 0.2) is 24.3 Å². The summed E-state index contributed by atoms with van der Waals surface area (Å²) in [6, 6.07) is 5.98. The fraction of sp³-hybridized carbons (Fsp3) is 0.462. The van der Waals surface area contributed by atoms with Crippen molar-refractivity contribution in [3.05, 3.63) is 29.8 Å². The molecule has 0 radical (unpaired) electrons. The monoisotopic (exact) mass is 273 g/mol. The minimum absolute atomic E-state index is 0.0490. The molecule has 1 atom stereocenters. The number of hydrogen-bond donors (Lipinski definition) is 2. The predicted octanol–water partition coefficient (Wildman–Crippen LogP) is 2.59. The van der Waals surface area contributed by atoms with Crippen molar-refractivity contribution in [3.63, 3.8) is 0 Å². The summed E-state index contributed by atoms with van der Waals surface area (Å²) < 4.78 is 28.3. The van der Waals surface area contributed by atoms with E-state index in [0.29, 0.717) is 12.1 Å². The molecule has 0 aliphatic carbocycles. The number of carbonyl (C=O) groups is 1. The molecule has 4 nitrogen and oxygen atoms in total. The van der Waals surface area contributed by atoms with Gasteiger partial charge in [-0.05, 0) is 31.2 Å². The minimum atomic E-state index is -2.87. The fourth-order valence-corrected chi connectivity index (χ4v) is 1.96. The molecule has 1 aromatic carbocycles. The van der Waals surface area contributed by atoms with Crippen molar-refractivity contribution in [1.29, 1.82) is 0 Å². The SMILES string of the molecule is CCNC(C)(CC(=O)O)c1ccc(OC(F)F)cc1. The van der Waals surface area contributed by atoms with E-state index in [1.54, 1.807) is 19.1 Å². The van der Waals surface area contributed by atoms with Gasteiger partial charge in [0.05, 0.1) is 12.0 Å². The number of benzene rings is 1. The topological polar surface area (TPSA) is 58.6 Å². The summed E-state index contributed by atoms with van der Waals surface area (Å²) in [4.78, 5) is 10.9. The molecule has 0 bridgehead atoms. The summed E-state index contributed by atoms with van der Waals surface area (Å²) in [5, 5.41) is 12.0. The van der Waals surface area contributed by atoms with Gasteiger partial charge in [0.2, 0.25) is 0 Å². The first-order chi connectivity index (χ1) is 8.87. The van der Waals surface area contributed by atoms with Gasteiger partial charge in [-0.25, -0.2) is 0 Å². The average molecular weight is 273 g/mol. The average Bonchev–Trinajstić information content (AvgIpc) is 2.28. The van der Waals surface area contributed by atoms with Crippen molar-refractivity contribution in [3.8, 4) is 5.75 Å². The number of ether oxygens (including phenoxy) is 1. The lowest BCUT2D eigenvalue weighted by Gasteiger charge is -2.29. The highest BCUT2D eigenvalue weighted by atomic mass is 19.3. The summed E-state index contributed by atoms with van der Waals surface area (Å²) in [6.07, 6.45) is -0.101. The Morgan fingerprint density at radius 3 is 2.42 bits per heavy atom. The van der Waals surface area contributed by atoms with Crippen LogP contribution in [-0.4, -0.2) is 24.2 Å². The molecule has 0 spiro atoms. The molecule has 0 heterocycles. The predicted molar refractivity (Wildman–Crippen MR) is 66.4 cm³/mol. The first kappa shape index (κ1) is 15.4. The first-order valence-electron chi connectivity index (χ1n) is 5.89. The zero-order valence-electron chi connectivity index (χ0n) is 10.8. The van der Waals surface area contributed by atoms with E-state index in [4.69, 9.17) is 5.11 Å². The Balaban J connectivity index is 2.93. The van der Waals surface area contributed by atoms with Crippen LogP contribution in [0.25, 0.3) is 0 Å². The highest BCUT2D eigenvalue weighted by molar-refractivity contribution is 5.68. The minimum Gasteiger partial charge on any atom is -0.481 e. The Kier molecular flexibility index (Phi) is 5.23. The zero-order chi connectivity index (χ0) is 14.5. The highest BCUT2D eigenvalue weighted by Gasteiger charge is 2.28. The van der Waals surface area contributed by atoms with Gasteiger partial charge < -0.3 is 15.2 Å². The third-order valence-corrected chi connectivity index (χ3v) is 2.79. The van der Waals surface area contributed by atoms with Crippen molar-refractivity contribution in [2.24, 2.45) is 0 Å². The van der Waals surface area contributed by atoms with Gasteiger partial charge in [0, 0.05) is 0 Å². The van der Waals surface area contributed by atoms with Gasteiger partial charge in [0.15, 0.2) is 0 Å². The number of carboxylic acids is 1. The van der Waals surface area contributed by atoms with Crippen LogP contribution < -0.4 is 10.1 Å². The Bertz CT molecular complexity index is 422. The van der Waals surface area contributed by atoms with Gasteiger partial charge in [-0.1, -0.05) is 19.1 Å². The van der Waals surface area contributed by atoms with Crippen molar-refractivity contribution in [1.82, 2.24) is 5.32 Å². The Morgan fingerprint density at radius 2 is 2.00 bits per heavy atom. The molecule has 0 saturated carbocycles. The molecule has 0 saturated heterocycles. The largest absolute Gasteiger partial charge is 0.481 e. The molecule has 0 aromatic heterocycles. The smallest absolute Gasteiger partial charge is 0.387 e. The maximum atomic E-state index is 12.0. The number of aliphatic carboxylic acids is 1. The zero-order valence-corrected chi connectivity index (χ0v) is 10.8. The van der Waals surface area contributed by atoms with Crippen LogP contribution in [0, 0.1) is 0 Å². The van der Waals surface area contributed by atoms with E-state index in [9.17, 15) is 13.6 Å². The van der Waals surface area contributed by atoms with Gasteiger partial charge in [-0.15, -0.1) is 0 Å². The second kappa shape index (κ2) is 6.47. The second-order valence-electron chi connectivity index (χ2n) is 4.34. The van der Waals surface area contributed by atoms with E-state index in [1.165, 1.54) is 12.1 Å². The molecule has 1 unspecified atom stereocenters. The van der Waals surface area contributed by atoms with Crippen LogP contribution in [-0.2, 0) is 10.3 Å². The van der Waals surface area contributed by atoms with Crippen molar-refractivity contribution >= 4 is 5.97 Å². The van der Waals surface area contributed by atoms with Crippen LogP contribution >= 0.6 is 0 Å². The molecule has 2 N–H and O–H groups in total. The quantitative estimate of drug-likeness (QED) is 0.801. The van der Waals surface area contributed by atoms with Crippen LogP contribution in [0.1, 0.15) is 25.8 Å². The lowest BCUT2D eigenvalue weighted by molar-refractivity contribution is -0.138. The lowest BCUT2D eigenvalue weighted by Crippen LogP contribution is -2.41. The molecule has 106 valence electrons. The molecule has 1 rings (SSSR count). The highest BCUT2D eigenvalue weighted by Crippen LogP contribution is 2.27. The summed E-state index contributed by atoms with van der Waals surface area (Å²) in [5.74, 6) is -0.885. The third-order valence-electron chi connectivity index (χ3n) is 2.79. The third kappa shape index (κ3) is 4.48. The Hall–Kier alpha value is -1.69. The lowest BCUT2D eigenvalue weighted by atomic mass is 9.88. The molecule has 19 heavy (non-hydrogen) atoms. The number of carboxylic acid groups (broad SMARTS) is 1. The van der Waals surface area contributed by atoms with Gasteiger partial charge in [0.1, 0.15) is 5.75 Å². The number of halogens is 2. The maximum Gasteiger partial charge on any atom is 0.387 e. The molecular weight excluding hydrogens is 256 g/mol. The molecule has 0 fully saturated rings. The van der Waals surface area contributed by atoms with E-state index < -0.39 is 18.1 Å². The van der Waals surface area contributed by atoms with E-state index in [1.807, 2.05) is 6.92 Å². The molecule has 0 aliphatic heterocycles. The standard InChI is InChI=1S/C13H17F2NO3/c1-3-16-13(2,8-11(17)18)9-4-6-10(7-5-9)19-12(14)15/h4-7,12,16H,3,8H2,1-2H3,(H,17,18).